The first-order valence-corrected chi connectivity index (χ1v) is 9.60. The quantitative estimate of drug-likeness (QED) is 0.559. The molecule has 25 heavy (non-hydrogen) atoms. The summed E-state index contributed by atoms with van der Waals surface area (Å²) in [4.78, 5) is 11.6. The molecule has 0 aliphatic carbocycles. The van der Waals surface area contributed by atoms with Crippen molar-refractivity contribution in [3.8, 4) is 5.88 Å². The molecule has 0 unspecified atom stereocenters. The van der Waals surface area contributed by atoms with Gasteiger partial charge in [0.2, 0.25) is 5.88 Å². The number of aliphatic imine (C=N–C) groups is 1. The number of guanidine groups is 1. The molecule has 0 saturated carbocycles. The second-order valence-electron chi connectivity index (χ2n) is 6.36. The van der Waals surface area contributed by atoms with Crippen LogP contribution in [0.3, 0.4) is 0 Å². The number of likely N-dealkylation sites (tertiary alicyclic amines) is 1. The van der Waals surface area contributed by atoms with E-state index in [1.54, 1.807) is 6.20 Å². The molecule has 1 aromatic heterocycles. The lowest BCUT2D eigenvalue weighted by atomic mass is 10.1. The number of ether oxygens (including phenoxy) is 1. The summed E-state index contributed by atoms with van der Waals surface area (Å²) < 4.78 is 5.59. The fourth-order valence-electron chi connectivity index (χ4n) is 3.11. The van der Waals surface area contributed by atoms with E-state index in [2.05, 4.69) is 34.4 Å². The van der Waals surface area contributed by atoms with E-state index in [4.69, 9.17) is 9.73 Å². The Morgan fingerprint density at radius 1 is 1.32 bits per heavy atom. The van der Waals surface area contributed by atoms with Gasteiger partial charge in [-0.1, -0.05) is 13.0 Å². The molecule has 2 rings (SSSR count). The van der Waals surface area contributed by atoms with Crippen LogP contribution in [0.4, 0.5) is 0 Å². The molecule has 0 radical (unpaired) electrons. The first-order chi connectivity index (χ1) is 12.3. The van der Waals surface area contributed by atoms with Gasteiger partial charge in [0.15, 0.2) is 5.96 Å². The monoisotopic (exact) mass is 347 g/mol. The lowest BCUT2D eigenvalue weighted by Crippen LogP contribution is -2.48. The van der Waals surface area contributed by atoms with E-state index in [9.17, 15) is 0 Å². The molecular weight excluding hydrogens is 314 g/mol. The minimum atomic E-state index is 0.492. The molecule has 0 bridgehead atoms. The topological polar surface area (TPSA) is 61.8 Å². The van der Waals surface area contributed by atoms with Gasteiger partial charge in [0.05, 0.1) is 13.2 Å². The largest absolute Gasteiger partial charge is 0.478 e. The normalized spacial score (nSPS) is 16.7. The van der Waals surface area contributed by atoms with Crippen LogP contribution < -0.4 is 15.4 Å². The van der Waals surface area contributed by atoms with Crippen molar-refractivity contribution >= 4 is 5.96 Å². The smallest absolute Gasteiger partial charge is 0.218 e. The lowest BCUT2D eigenvalue weighted by Gasteiger charge is -2.32. The molecule has 2 N–H and O–H groups in total. The zero-order valence-electron chi connectivity index (χ0n) is 15.9. The molecule has 140 valence electrons. The van der Waals surface area contributed by atoms with Crippen LogP contribution in [-0.2, 0) is 6.54 Å². The molecule has 1 aromatic rings. The summed E-state index contributed by atoms with van der Waals surface area (Å²) in [5.41, 5.74) is 1.01. The van der Waals surface area contributed by atoms with Crippen molar-refractivity contribution in [2.45, 2.75) is 52.6 Å². The molecule has 6 nitrogen and oxygen atoms in total. The molecule has 0 amide bonds. The summed E-state index contributed by atoms with van der Waals surface area (Å²) in [5.74, 6) is 1.56. The third-order valence-electron chi connectivity index (χ3n) is 4.35. The molecule has 1 fully saturated rings. The first-order valence-electron chi connectivity index (χ1n) is 9.60. The average Bonchev–Trinajstić information content (AvgIpc) is 2.63. The van der Waals surface area contributed by atoms with Gasteiger partial charge in [-0.15, -0.1) is 0 Å². The second kappa shape index (κ2) is 10.9. The van der Waals surface area contributed by atoms with Crippen LogP contribution in [-0.4, -0.2) is 54.7 Å². The maximum Gasteiger partial charge on any atom is 0.218 e. The van der Waals surface area contributed by atoms with E-state index in [0.717, 1.165) is 18.1 Å². The van der Waals surface area contributed by atoms with Crippen molar-refractivity contribution < 1.29 is 4.74 Å². The Kier molecular flexibility index (Phi) is 8.52. The van der Waals surface area contributed by atoms with Gasteiger partial charge in [0, 0.05) is 37.4 Å². The van der Waals surface area contributed by atoms with E-state index in [-0.39, 0.29) is 0 Å². The van der Waals surface area contributed by atoms with Crippen molar-refractivity contribution in [3.05, 3.63) is 23.9 Å². The van der Waals surface area contributed by atoms with Gasteiger partial charge in [-0.3, -0.25) is 0 Å². The molecular formula is C19H33N5O. The Morgan fingerprint density at radius 3 is 2.80 bits per heavy atom. The van der Waals surface area contributed by atoms with E-state index in [1.807, 2.05) is 19.1 Å². The third kappa shape index (κ3) is 6.53. The number of nitrogens with one attached hydrogen (secondary N) is 2. The Morgan fingerprint density at radius 2 is 2.12 bits per heavy atom. The fraction of sp³-hybridized carbons (Fsp3) is 0.684. The molecule has 1 aliphatic heterocycles. The minimum absolute atomic E-state index is 0.492. The Hall–Kier alpha value is -1.82. The molecule has 0 spiro atoms. The number of aromatic nitrogens is 1. The van der Waals surface area contributed by atoms with Gasteiger partial charge in [-0.05, 0) is 45.7 Å². The highest BCUT2D eigenvalue weighted by Crippen LogP contribution is 2.15. The Bertz CT molecular complexity index is 526. The van der Waals surface area contributed by atoms with Crippen LogP contribution in [0.1, 0.15) is 45.6 Å². The van der Waals surface area contributed by atoms with Crippen molar-refractivity contribution in [1.29, 1.82) is 0 Å². The van der Waals surface area contributed by atoms with Gasteiger partial charge >= 0.3 is 0 Å². The fourth-order valence-corrected chi connectivity index (χ4v) is 3.11. The molecule has 6 heteroatoms. The minimum Gasteiger partial charge on any atom is -0.478 e. The highest BCUT2D eigenvalue weighted by Gasteiger charge is 2.19. The van der Waals surface area contributed by atoms with Crippen molar-refractivity contribution in [2.24, 2.45) is 4.99 Å². The van der Waals surface area contributed by atoms with Gasteiger partial charge < -0.3 is 20.3 Å². The van der Waals surface area contributed by atoms with Crippen molar-refractivity contribution in [2.75, 3.05) is 32.8 Å². The SMILES string of the molecule is CCCN1CCC(NC(=NCc2cccnc2OCC)NCC)CC1. The molecule has 0 atom stereocenters. The number of nitrogens with zero attached hydrogens (tertiary/aromatic N) is 3. The van der Waals surface area contributed by atoms with Gasteiger partial charge in [-0.25, -0.2) is 9.98 Å². The summed E-state index contributed by atoms with van der Waals surface area (Å²) in [5, 5.41) is 6.94. The number of piperidine rings is 1. The van der Waals surface area contributed by atoms with Gasteiger partial charge in [0.25, 0.3) is 0 Å². The number of pyridine rings is 1. The van der Waals surface area contributed by atoms with Crippen molar-refractivity contribution in [3.63, 3.8) is 0 Å². The maximum atomic E-state index is 5.59. The van der Waals surface area contributed by atoms with E-state index >= 15 is 0 Å². The molecule has 0 aromatic carbocycles. The zero-order valence-corrected chi connectivity index (χ0v) is 15.9. The van der Waals surface area contributed by atoms with Crippen molar-refractivity contribution in [1.82, 2.24) is 20.5 Å². The predicted octanol–water partition coefficient (Wildman–Crippen LogP) is 2.41. The zero-order chi connectivity index (χ0) is 17.9. The maximum absolute atomic E-state index is 5.59. The summed E-state index contributed by atoms with van der Waals surface area (Å²) in [7, 11) is 0. The molecule has 1 saturated heterocycles. The van der Waals surface area contributed by atoms with Crippen LogP contribution in [0.5, 0.6) is 5.88 Å². The van der Waals surface area contributed by atoms with Gasteiger partial charge in [0.1, 0.15) is 0 Å². The summed E-state index contributed by atoms with van der Waals surface area (Å²) >= 11 is 0. The summed E-state index contributed by atoms with van der Waals surface area (Å²) in [6.07, 6.45) is 5.32. The number of hydrogen-bond acceptors (Lipinski definition) is 4. The van der Waals surface area contributed by atoms with Crippen LogP contribution >= 0.6 is 0 Å². The lowest BCUT2D eigenvalue weighted by molar-refractivity contribution is 0.206. The van der Waals surface area contributed by atoms with E-state index < -0.39 is 0 Å². The predicted molar refractivity (Wildman–Crippen MR) is 103 cm³/mol. The summed E-state index contributed by atoms with van der Waals surface area (Å²) in [6.45, 7) is 11.9. The van der Waals surface area contributed by atoms with Crippen LogP contribution in [0.2, 0.25) is 0 Å². The Balaban J connectivity index is 1.93. The van der Waals surface area contributed by atoms with E-state index in [0.29, 0.717) is 25.1 Å². The van der Waals surface area contributed by atoms with Crippen LogP contribution in [0.25, 0.3) is 0 Å². The highest BCUT2D eigenvalue weighted by atomic mass is 16.5. The van der Waals surface area contributed by atoms with Crippen LogP contribution in [0, 0.1) is 0 Å². The third-order valence-corrected chi connectivity index (χ3v) is 4.35. The average molecular weight is 348 g/mol. The van der Waals surface area contributed by atoms with Crippen LogP contribution in [0.15, 0.2) is 23.3 Å². The van der Waals surface area contributed by atoms with Gasteiger partial charge in [-0.2, -0.15) is 0 Å². The molecule has 1 aliphatic rings. The molecule has 2 heterocycles. The number of hydrogen-bond donors (Lipinski definition) is 2. The standard InChI is InChI=1S/C19H33N5O/c1-4-12-24-13-9-17(10-14-24)23-19(20-5-2)22-15-16-8-7-11-21-18(16)25-6-3/h7-8,11,17H,4-6,9-10,12-15H2,1-3H3,(H2,20,22,23). The first kappa shape index (κ1) is 19.5. The Labute approximate surface area is 152 Å². The number of rotatable bonds is 8. The second-order valence-corrected chi connectivity index (χ2v) is 6.36. The summed E-state index contributed by atoms with van der Waals surface area (Å²) in [6, 6.07) is 4.44. The van der Waals surface area contributed by atoms with E-state index in [1.165, 1.54) is 38.9 Å². The highest BCUT2D eigenvalue weighted by molar-refractivity contribution is 5.80.